The van der Waals surface area contributed by atoms with Crippen molar-refractivity contribution in [1.82, 2.24) is 4.31 Å². The lowest BCUT2D eigenvalue weighted by atomic mass is 10.1. The van der Waals surface area contributed by atoms with Gasteiger partial charge < -0.3 is 10.2 Å². The molecule has 0 aliphatic carbocycles. The van der Waals surface area contributed by atoms with E-state index in [1.807, 2.05) is 4.90 Å². The Kier molecular flexibility index (Phi) is 5.92. The van der Waals surface area contributed by atoms with Gasteiger partial charge in [-0.15, -0.1) is 0 Å². The van der Waals surface area contributed by atoms with Crippen molar-refractivity contribution in [3.63, 3.8) is 0 Å². The molecule has 0 unspecified atom stereocenters. The Hall–Kier alpha value is -2.16. The smallest absolute Gasteiger partial charge is 0.257 e. The highest BCUT2D eigenvalue weighted by molar-refractivity contribution is 7.89. The third kappa shape index (κ3) is 4.14. The highest BCUT2D eigenvalue weighted by Gasteiger charge is 2.24. The number of hydrogen-bond donors (Lipinski definition) is 1. The fourth-order valence-corrected chi connectivity index (χ4v) is 4.12. The minimum Gasteiger partial charge on any atom is -0.371 e. The van der Waals surface area contributed by atoms with Crippen LogP contribution in [0.1, 0.15) is 23.2 Å². The van der Waals surface area contributed by atoms with E-state index in [2.05, 4.69) is 5.32 Å². The number of benzene rings is 2. The molecule has 2 aromatic rings. The van der Waals surface area contributed by atoms with Gasteiger partial charge in [-0.3, -0.25) is 4.79 Å². The lowest BCUT2D eigenvalue weighted by molar-refractivity contribution is 0.102. The van der Waals surface area contributed by atoms with Gasteiger partial charge in [0.1, 0.15) is 5.82 Å². The van der Waals surface area contributed by atoms with Crippen molar-refractivity contribution in [3.05, 3.63) is 52.8 Å². The average molecular weight is 426 g/mol. The molecular formula is C19H21ClFN3O3S. The first-order valence-electron chi connectivity index (χ1n) is 8.78. The fourth-order valence-electron chi connectivity index (χ4n) is 3.07. The Morgan fingerprint density at radius 2 is 1.82 bits per heavy atom. The van der Waals surface area contributed by atoms with E-state index in [1.165, 1.54) is 38.4 Å². The normalized spacial score (nSPS) is 14.5. The van der Waals surface area contributed by atoms with Crippen LogP contribution >= 0.6 is 11.6 Å². The van der Waals surface area contributed by atoms with E-state index in [0.717, 1.165) is 36.3 Å². The molecule has 2 aromatic carbocycles. The van der Waals surface area contributed by atoms with Crippen molar-refractivity contribution < 1.29 is 17.6 Å². The maximum atomic E-state index is 13.7. The molecule has 0 atom stereocenters. The molecule has 1 fully saturated rings. The van der Waals surface area contributed by atoms with Crippen LogP contribution in [-0.4, -0.2) is 45.8 Å². The fraction of sp³-hybridized carbons (Fsp3) is 0.316. The molecule has 0 saturated carbocycles. The summed E-state index contributed by atoms with van der Waals surface area (Å²) in [7, 11) is -0.840. The molecule has 1 N–H and O–H groups in total. The summed E-state index contributed by atoms with van der Waals surface area (Å²) >= 11 is 5.68. The van der Waals surface area contributed by atoms with Crippen molar-refractivity contribution >= 4 is 38.9 Å². The summed E-state index contributed by atoms with van der Waals surface area (Å²) in [5.74, 6) is -1.16. The van der Waals surface area contributed by atoms with Gasteiger partial charge in [-0.2, -0.15) is 0 Å². The van der Waals surface area contributed by atoms with Crippen LogP contribution in [0.2, 0.25) is 5.02 Å². The SMILES string of the molecule is CN(C)S(=O)(=O)c1ccc(N2CCCC2)c(C(=O)Nc2ccc(Cl)c(F)c2)c1. The van der Waals surface area contributed by atoms with E-state index >= 15 is 0 Å². The number of sulfonamides is 1. The van der Waals surface area contributed by atoms with Gasteiger partial charge in [-0.05, 0) is 49.2 Å². The minimum atomic E-state index is -3.70. The first-order valence-corrected chi connectivity index (χ1v) is 10.6. The van der Waals surface area contributed by atoms with E-state index in [4.69, 9.17) is 11.6 Å². The van der Waals surface area contributed by atoms with Crippen LogP contribution in [0.4, 0.5) is 15.8 Å². The monoisotopic (exact) mass is 425 g/mol. The van der Waals surface area contributed by atoms with Crippen molar-refractivity contribution in [2.24, 2.45) is 0 Å². The zero-order valence-corrected chi connectivity index (χ0v) is 17.1. The number of nitrogens with one attached hydrogen (secondary N) is 1. The Morgan fingerprint density at radius 3 is 2.43 bits per heavy atom. The Bertz CT molecular complexity index is 1010. The first-order chi connectivity index (χ1) is 13.2. The molecule has 150 valence electrons. The zero-order valence-electron chi connectivity index (χ0n) is 15.6. The number of rotatable bonds is 5. The molecule has 28 heavy (non-hydrogen) atoms. The quantitative estimate of drug-likeness (QED) is 0.794. The summed E-state index contributed by atoms with van der Waals surface area (Å²) in [6.45, 7) is 1.57. The largest absolute Gasteiger partial charge is 0.371 e. The second-order valence-electron chi connectivity index (χ2n) is 6.74. The van der Waals surface area contributed by atoms with Gasteiger partial charge in [-0.1, -0.05) is 11.6 Å². The van der Waals surface area contributed by atoms with Crippen LogP contribution < -0.4 is 10.2 Å². The number of amides is 1. The lowest BCUT2D eigenvalue weighted by Gasteiger charge is -2.22. The summed E-state index contributed by atoms with van der Waals surface area (Å²) in [4.78, 5) is 15.0. The molecule has 0 radical (unpaired) electrons. The number of carbonyl (C=O) groups excluding carboxylic acids is 1. The van der Waals surface area contributed by atoms with Gasteiger partial charge in [0, 0.05) is 38.6 Å². The molecule has 1 amide bonds. The predicted molar refractivity (Wildman–Crippen MR) is 108 cm³/mol. The number of nitrogens with zero attached hydrogens (tertiary/aromatic N) is 2. The summed E-state index contributed by atoms with van der Waals surface area (Å²) < 4.78 is 39.8. The topological polar surface area (TPSA) is 69.7 Å². The molecule has 1 heterocycles. The molecule has 3 rings (SSSR count). The highest BCUT2D eigenvalue weighted by atomic mass is 35.5. The Labute approximate surface area is 168 Å². The van der Waals surface area contributed by atoms with E-state index in [0.29, 0.717) is 5.69 Å². The van der Waals surface area contributed by atoms with Crippen molar-refractivity contribution in [2.45, 2.75) is 17.7 Å². The van der Waals surface area contributed by atoms with Crippen LogP contribution in [0.5, 0.6) is 0 Å². The summed E-state index contributed by atoms with van der Waals surface area (Å²) in [5.41, 5.74) is 1.11. The van der Waals surface area contributed by atoms with Gasteiger partial charge >= 0.3 is 0 Å². The number of hydrogen-bond acceptors (Lipinski definition) is 4. The minimum absolute atomic E-state index is 0.0212. The maximum Gasteiger partial charge on any atom is 0.257 e. The van der Waals surface area contributed by atoms with Gasteiger partial charge in [0.2, 0.25) is 10.0 Å². The Morgan fingerprint density at radius 1 is 1.14 bits per heavy atom. The van der Waals surface area contributed by atoms with Crippen molar-refractivity contribution in [2.75, 3.05) is 37.4 Å². The highest BCUT2D eigenvalue weighted by Crippen LogP contribution is 2.29. The molecular weight excluding hydrogens is 405 g/mol. The van der Waals surface area contributed by atoms with Crippen LogP contribution in [0.15, 0.2) is 41.3 Å². The predicted octanol–water partition coefficient (Wildman–Crippen LogP) is 3.58. The molecule has 9 heteroatoms. The third-order valence-corrected chi connectivity index (χ3v) is 6.73. The van der Waals surface area contributed by atoms with Gasteiger partial charge in [0.15, 0.2) is 0 Å². The zero-order chi connectivity index (χ0) is 20.5. The first kappa shape index (κ1) is 20.6. The molecule has 0 spiro atoms. The lowest BCUT2D eigenvalue weighted by Crippen LogP contribution is -2.25. The molecule has 1 aliphatic heterocycles. The third-order valence-electron chi connectivity index (χ3n) is 4.62. The maximum absolute atomic E-state index is 13.7. The van der Waals surface area contributed by atoms with Gasteiger partial charge in [-0.25, -0.2) is 17.1 Å². The molecule has 0 bridgehead atoms. The average Bonchev–Trinajstić information content (AvgIpc) is 3.18. The van der Waals surface area contributed by atoms with Crippen LogP contribution in [0, 0.1) is 5.82 Å². The Balaban J connectivity index is 2.01. The van der Waals surface area contributed by atoms with Gasteiger partial charge in [0.25, 0.3) is 5.91 Å². The second-order valence-corrected chi connectivity index (χ2v) is 9.30. The molecule has 6 nitrogen and oxygen atoms in total. The molecule has 1 aliphatic rings. The molecule has 0 aromatic heterocycles. The summed E-state index contributed by atoms with van der Waals surface area (Å²) in [5, 5.41) is 2.58. The van der Waals surface area contributed by atoms with E-state index in [-0.39, 0.29) is 21.2 Å². The van der Waals surface area contributed by atoms with Crippen LogP contribution in [0.3, 0.4) is 0 Å². The second kappa shape index (κ2) is 8.06. The van der Waals surface area contributed by atoms with Crippen LogP contribution in [-0.2, 0) is 10.0 Å². The van der Waals surface area contributed by atoms with Crippen LogP contribution in [0.25, 0.3) is 0 Å². The number of carbonyl (C=O) groups is 1. The summed E-state index contributed by atoms with van der Waals surface area (Å²) in [6, 6.07) is 8.47. The summed E-state index contributed by atoms with van der Waals surface area (Å²) in [6.07, 6.45) is 2.00. The van der Waals surface area contributed by atoms with E-state index in [9.17, 15) is 17.6 Å². The number of halogens is 2. The van der Waals surface area contributed by atoms with Crippen molar-refractivity contribution in [1.29, 1.82) is 0 Å². The van der Waals surface area contributed by atoms with E-state index in [1.54, 1.807) is 6.07 Å². The van der Waals surface area contributed by atoms with E-state index < -0.39 is 21.7 Å². The van der Waals surface area contributed by atoms with Gasteiger partial charge in [0.05, 0.1) is 15.5 Å². The standard InChI is InChI=1S/C19H21ClFN3O3S/c1-23(2)28(26,27)14-6-8-18(24-9-3-4-10-24)15(12-14)19(25)22-13-5-7-16(20)17(21)11-13/h5-8,11-12H,3-4,9-10H2,1-2H3,(H,22,25). The number of anilines is 2. The van der Waals surface area contributed by atoms with Crippen molar-refractivity contribution in [3.8, 4) is 0 Å². The molecule has 1 saturated heterocycles.